The first-order chi connectivity index (χ1) is 7.61. The Hall–Kier alpha value is -1.80. The van der Waals surface area contributed by atoms with Crippen LogP contribution in [0.5, 0.6) is 0 Å². The molecule has 5 nitrogen and oxygen atoms in total. The Labute approximate surface area is 95.1 Å². The predicted octanol–water partition coefficient (Wildman–Crippen LogP) is 0.743. The van der Waals surface area contributed by atoms with E-state index in [2.05, 4.69) is 4.98 Å². The van der Waals surface area contributed by atoms with Gasteiger partial charge in [-0.15, -0.1) is 0 Å². The lowest BCUT2D eigenvalue weighted by molar-refractivity contribution is 0.298. The molecule has 0 spiro atoms. The molecule has 0 saturated carbocycles. The smallest absolute Gasteiger partial charge is 0.153 e. The van der Waals surface area contributed by atoms with Crippen molar-refractivity contribution in [1.29, 1.82) is 5.26 Å². The van der Waals surface area contributed by atoms with Crippen molar-refractivity contribution in [3.63, 3.8) is 0 Å². The van der Waals surface area contributed by atoms with E-state index < -0.39 is 0 Å². The number of anilines is 2. The highest BCUT2D eigenvalue weighted by atomic mass is 16.3. The molecule has 1 heterocycles. The molecular formula is C11H16N4O. The van der Waals surface area contributed by atoms with Crippen LogP contribution in [0.3, 0.4) is 0 Å². The van der Waals surface area contributed by atoms with E-state index in [1.807, 2.05) is 24.8 Å². The normalized spacial score (nSPS) is 10.2. The molecule has 0 radical (unpaired) electrons. The molecule has 0 atom stereocenters. The maximum absolute atomic E-state index is 8.99. The molecule has 0 bridgehead atoms. The Balaban J connectivity index is 3.15. The Morgan fingerprint density at radius 2 is 2.31 bits per heavy atom. The summed E-state index contributed by atoms with van der Waals surface area (Å²) in [5.41, 5.74) is 6.63. The molecule has 86 valence electrons. The second-order valence-electron chi connectivity index (χ2n) is 3.72. The van der Waals surface area contributed by atoms with Crippen LogP contribution in [-0.4, -0.2) is 29.3 Å². The molecule has 16 heavy (non-hydrogen) atoms. The largest absolute Gasteiger partial charge is 0.395 e. The summed E-state index contributed by atoms with van der Waals surface area (Å²) in [6, 6.07) is 3.76. The van der Waals surface area contributed by atoms with Crippen molar-refractivity contribution in [2.45, 2.75) is 19.9 Å². The predicted molar refractivity (Wildman–Crippen MR) is 62.9 cm³/mol. The van der Waals surface area contributed by atoms with Crippen LogP contribution in [0.15, 0.2) is 12.3 Å². The van der Waals surface area contributed by atoms with Crippen LogP contribution in [0.25, 0.3) is 0 Å². The fourth-order valence-electron chi connectivity index (χ4n) is 1.50. The minimum absolute atomic E-state index is 0.0239. The van der Waals surface area contributed by atoms with Crippen LogP contribution in [0.2, 0.25) is 0 Å². The van der Waals surface area contributed by atoms with Gasteiger partial charge < -0.3 is 15.7 Å². The first-order valence-corrected chi connectivity index (χ1v) is 5.14. The highest BCUT2D eigenvalue weighted by Crippen LogP contribution is 2.24. The summed E-state index contributed by atoms with van der Waals surface area (Å²) in [6.45, 7) is 4.44. The number of pyridine rings is 1. The minimum atomic E-state index is 0.0239. The number of rotatable bonds is 4. The summed E-state index contributed by atoms with van der Waals surface area (Å²) in [5, 5.41) is 17.9. The molecule has 0 fully saturated rings. The average molecular weight is 220 g/mol. The second-order valence-corrected chi connectivity index (χ2v) is 3.72. The van der Waals surface area contributed by atoms with Crippen LogP contribution in [0, 0.1) is 11.3 Å². The Bertz CT molecular complexity index is 397. The van der Waals surface area contributed by atoms with E-state index in [9.17, 15) is 0 Å². The number of nitrogens with two attached hydrogens (primary N) is 1. The van der Waals surface area contributed by atoms with Crippen LogP contribution in [0.4, 0.5) is 11.5 Å². The van der Waals surface area contributed by atoms with Gasteiger partial charge >= 0.3 is 0 Å². The van der Waals surface area contributed by atoms with Crippen molar-refractivity contribution in [3.05, 3.63) is 17.8 Å². The van der Waals surface area contributed by atoms with E-state index in [1.165, 1.54) is 0 Å². The lowest BCUT2D eigenvalue weighted by Crippen LogP contribution is -2.34. The van der Waals surface area contributed by atoms with Crippen LogP contribution < -0.4 is 10.6 Å². The van der Waals surface area contributed by atoms with Crippen molar-refractivity contribution in [2.24, 2.45) is 0 Å². The third-order valence-corrected chi connectivity index (χ3v) is 2.33. The van der Waals surface area contributed by atoms with E-state index in [-0.39, 0.29) is 12.6 Å². The summed E-state index contributed by atoms with van der Waals surface area (Å²) in [5.74, 6) is 0.558. The lowest BCUT2D eigenvalue weighted by Gasteiger charge is -2.28. The van der Waals surface area contributed by atoms with Gasteiger partial charge in [0.1, 0.15) is 6.07 Å². The second kappa shape index (κ2) is 5.33. The zero-order valence-corrected chi connectivity index (χ0v) is 9.51. The number of nitrogen functional groups attached to an aromatic ring is 1. The van der Waals surface area contributed by atoms with E-state index in [0.29, 0.717) is 23.6 Å². The lowest BCUT2D eigenvalue weighted by atomic mass is 10.2. The van der Waals surface area contributed by atoms with Crippen molar-refractivity contribution in [1.82, 2.24) is 4.98 Å². The Morgan fingerprint density at radius 3 is 2.81 bits per heavy atom. The van der Waals surface area contributed by atoms with Crippen molar-refractivity contribution in [3.8, 4) is 6.07 Å². The molecule has 0 aromatic carbocycles. The van der Waals surface area contributed by atoms with E-state index >= 15 is 0 Å². The number of nitriles is 1. The van der Waals surface area contributed by atoms with Gasteiger partial charge in [0.2, 0.25) is 0 Å². The molecule has 0 aliphatic carbocycles. The van der Waals surface area contributed by atoms with Gasteiger partial charge in [0.05, 0.1) is 17.9 Å². The number of hydrogen-bond acceptors (Lipinski definition) is 5. The molecule has 0 aliphatic rings. The average Bonchev–Trinajstić information content (AvgIpc) is 2.26. The zero-order valence-electron chi connectivity index (χ0n) is 9.51. The quantitative estimate of drug-likeness (QED) is 0.781. The molecule has 0 saturated heterocycles. The Morgan fingerprint density at radius 1 is 1.62 bits per heavy atom. The zero-order chi connectivity index (χ0) is 12.1. The summed E-state index contributed by atoms with van der Waals surface area (Å²) in [6.07, 6.45) is 1.55. The van der Waals surface area contributed by atoms with Crippen molar-refractivity contribution < 1.29 is 5.11 Å². The number of nitrogens with zero attached hydrogens (tertiary/aromatic N) is 3. The van der Waals surface area contributed by atoms with Gasteiger partial charge in [-0.25, -0.2) is 4.98 Å². The van der Waals surface area contributed by atoms with Gasteiger partial charge in [-0.2, -0.15) is 5.26 Å². The summed E-state index contributed by atoms with van der Waals surface area (Å²) in [4.78, 5) is 6.04. The molecule has 1 aromatic heterocycles. The fraction of sp³-hybridized carbons (Fsp3) is 0.455. The third-order valence-electron chi connectivity index (χ3n) is 2.33. The maximum Gasteiger partial charge on any atom is 0.153 e. The van der Waals surface area contributed by atoms with Gasteiger partial charge in [0.25, 0.3) is 0 Å². The molecular weight excluding hydrogens is 204 g/mol. The minimum Gasteiger partial charge on any atom is -0.395 e. The maximum atomic E-state index is 8.99. The first-order valence-electron chi connectivity index (χ1n) is 5.14. The molecule has 0 amide bonds. The summed E-state index contributed by atoms with van der Waals surface area (Å²) in [7, 11) is 0. The van der Waals surface area contributed by atoms with Gasteiger partial charge in [-0.1, -0.05) is 0 Å². The van der Waals surface area contributed by atoms with Crippen molar-refractivity contribution in [2.75, 3.05) is 23.8 Å². The number of hydrogen-bond donors (Lipinski definition) is 2. The van der Waals surface area contributed by atoms with E-state index in [1.54, 1.807) is 12.3 Å². The topological polar surface area (TPSA) is 86.2 Å². The highest BCUT2D eigenvalue weighted by molar-refractivity contribution is 5.70. The molecule has 1 aromatic rings. The monoisotopic (exact) mass is 220 g/mol. The van der Waals surface area contributed by atoms with Gasteiger partial charge in [0.15, 0.2) is 5.82 Å². The number of aliphatic hydroxyl groups excluding tert-OH is 1. The molecule has 0 unspecified atom stereocenters. The Kier molecular flexibility index (Phi) is 4.09. The number of aliphatic hydroxyl groups is 1. The third kappa shape index (κ3) is 2.41. The molecule has 0 aliphatic heterocycles. The fourth-order valence-corrected chi connectivity index (χ4v) is 1.50. The van der Waals surface area contributed by atoms with Crippen LogP contribution in [0.1, 0.15) is 19.4 Å². The van der Waals surface area contributed by atoms with E-state index in [4.69, 9.17) is 16.1 Å². The standard InChI is InChI=1S/C11H16N4O/c1-8(2)15(5-6-16)11-10(13)9(7-12)3-4-14-11/h3-4,8,16H,5-6,13H2,1-2H3. The van der Waals surface area contributed by atoms with E-state index in [0.717, 1.165) is 0 Å². The first kappa shape index (κ1) is 12.3. The SMILES string of the molecule is CC(C)N(CCO)c1nccc(C#N)c1N. The van der Waals surface area contributed by atoms with Crippen molar-refractivity contribution >= 4 is 11.5 Å². The number of aromatic nitrogens is 1. The van der Waals surface area contributed by atoms with Gasteiger partial charge in [-0.3, -0.25) is 0 Å². The van der Waals surface area contributed by atoms with Gasteiger partial charge in [-0.05, 0) is 19.9 Å². The van der Waals surface area contributed by atoms with Gasteiger partial charge in [0, 0.05) is 18.8 Å². The summed E-state index contributed by atoms with van der Waals surface area (Å²) < 4.78 is 0. The molecule has 3 N–H and O–H groups in total. The van der Waals surface area contributed by atoms with Crippen LogP contribution >= 0.6 is 0 Å². The molecule has 1 rings (SSSR count). The summed E-state index contributed by atoms with van der Waals surface area (Å²) >= 11 is 0. The highest BCUT2D eigenvalue weighted by Gasteiger charge is 2.16. The molecule has 5 heteroatoms. The van der Waals surface area contributed by atoms with Crippen LogP contribution in [-0.2, 0) is 0 Å².